The molecule has 4 aromatic carbocycles. The fourth-order valence-corrected chi connectivity index (χ4v) is 7.83. The Morgan fingerprint density at radius 1 is 0.537 bits per heavy atom. The van der Waals surface area contributed by atoms with Gasteiger partial charge in [0.15, 0.2) is 11.8 Å². The number of rotatable bonds is 4. The summed E-state index contributed by atoms with van der Waals surface area (Å²) in [6.07, 6.45) is -0.273. The van der Waals surface area contributed by atoms with E-state index in [1.165, 1.54) is 33.4 Å². The van der Waals surface area contributed by atoms with Gasteiger partial charge in [-0.05, 0) is 61.1 Å². The van der Waals surface area contributed by atoms with Crippen LogP contribution < -0.4 is 0 Å². The zero-order valence-corrected chi connectivity index (χ0v) is 23.9. The first kappa shape index (κ1) is 24.6. The Labute approximate surface area is 241 Å². The number of nitrogens with zero attached hydrogens (tertiary/aromatic N) is 2. The van der Waals surface area contributed by atoms with Gasteiger partial charge in [0.1, 0.15) is 29.7 Å². The maximum Gasteiger partial charge on any atom is 0.199 e. The molecule has 0 aromatic heterocycles. The van der Waals surface area contributed by atoms with Gasteiger partial charge in [0, 0.05) is 10.8 Å². The normalized spacial score (nSPS) is 30.8. The van der Waals surface area contributed by atoms with Crippen molar-refractivity contribution in [1.29, 1.82) is 0 Å². The maximum atomic E-state index is 6.82. The molecule has 0 saturated heterocycles. The van der Waals surface area contributed by atoms with Crippen LogP contribution in [-0.4, -0.2) is 23.9 Å². The molecule has 0 N–H and O–H groups in total. The summed E-state index contributed by atoms with van der Waals surface area (Å²) in [5.74, 6) is 1.41. The van der Waals surface area contributed by atoms with Gasteiger partial charge in [-0.15, -0.1) is 0 Å². The Hall–Kier alpha value is -4.18. The highest BCUT2D eigenvalue weighted by Crippen LogP contribution is 2.58. The van der Waals surface area contributed by atoms with Crippen LogP contribution in [0.5, 0.6) is 0 Å². The van der Waals surface area contributed by atoms with Crippen molar-refractivity contribution in [2.45, 2.75) is 62.8 Å². The third-order valence-electron chi connectivity index (χ3n) is 10.2. The summed E-state index contributed by atoms with van der Waals surface area (Å²) in [6, 6.07) is 38.6. The van der Waals surface area contributed by atoms with Crippen molar-refractivity contribution in [3.63, 3.8) is 0 Å². The maximum absolute atomic E-state index is 6.82. The summed E-state index contributed by atoms with van der Waals surface area (Å²) in [4.78, 5) is 10.8. The van der Waals surface area contributed by atoms with E-state index in [1.807, 2.05) is 0 Å². The molecule has 2 aliphatic carbocycles. The van der Waals surface area contributed by atoms with Crippen LogP contribution in [0.25, 0.3) is 0 Å². The lowest BCUT2D eigenvalue weighted by atomic mass is 9.74. The van der Waals surface area contributed by atoms with E-state index in [1.54, 1.807) is 0 Å². The lowest BCUT2D eigenvalue weighted by Gasteiger charge is -2.30. The average molecular weight is 539 g/mol. The minimum absolute atomic E-state index is 0.0617. The van der Waals surface area contributed by atoms with Crippen molar-refractivity contribution < 1.29 is 9.47 Å². The second-order valence-electron chi connectivity index (χ2n) is 12.8. The van der Waals surface area contributed by atoms with Crippen LogP contribution in [0.4, 0.5) is 0 Å². The van der Waals surface area contributed by atoms with Crippen molar-refractivity contribution >= 4 is 11.8 Å². The van der Waals surface area contributed by atoms with Gasteiger partial charge in [0.25, 0.3) is 0 Å². The van der Waals surface area contributed by atoms with Crippen molar-refractivity contribution in [2.24, 2.45) is 15.4 Å². The van der Waals surface area contributed by atoms with E-state index in [9.17, 15) is 0 Å². The predicted molar refractivity (Wildman–Crippen MR) is 163 cm³/mol. The van der Waals surface area contributed by atoms with Gasteiger partial charge >= 0.3 is 0 Å². The molecule has 0 bridgehead atoms. The van der Waals surface area contributed by atoms with E-state index in [2.05, 4.69) is 137 Å². The lowest BCUT2D eigenvalue weighted by Crippen LogP contribution is -2.35. The Morgan fingerprint density at radius 3 is 1.32 bits per heavy atom. The van der Waals surface area contributed by atoms with Crippen LogP contribution in [0.15, 0.2) is 119 Å². The molecular weight excluding hydrogens is 504 g/mol. The van der Waals surface area contributed by atoms with E-state index in [-0.39, 0.29) is 35.1 Å². The Balaban J connectivity index is 1.20. The second kappa shape index (κ2) is 8.42. The molecule has 2 aliphatic heterocycles. The van der Waals surface area contributed by atoms with Gasteiger partial charge in [0.2, 0.25) is 0 Å². The van der Waals surface area contributed by atoms with Crippen LogP contribution >= 0.6 is 0 Å². The predicted octanol–water partition coefficient (Wildman–Crippen LogP) is 7.73. The van der Waals surface area contributed by atoms with Crippen LogP contribution in [0.1, 0.15) is 73.3 Å². The average Bonchev–Trinajstić information content (AvgIpc) is 3.77. The van der Waals surface area contributed by atoms with Crippen molar-refractivity contribution in [2.75, 3.05) is 0 Å². The van der Waals surface area contributed by atoms with Crippen molar-refractivity contribution in [3.05, 3.63) is 143 Å². The van der Waals surface area contributed by atoms with Gasteiger partial charge in [-0.1, -0.05) is 109 Å². The Kier molecular flexibility index (Phi) is 5.05. The van der Waals surface area contributed by atoms with E-state index >= 15 is 0 Å². The number of hydrogen-bond acceptors (Lipinski definition) is 4. The van der Waals surface area contributed by atoms with Gasteiger partial charge in [-0.2, -0.15) is 0 Å². The molecule has 0 fully saturated rings. The molecule has 0 unspecified atom stereocenters. The van der Waals surface area contributed by atoms with Gasteiger partial charge in [-0.25, -0.2) is 9.98 Å². The SMILES string of the molecule is CC(C)(C1=N[C@@H]2[C@H](O1)c1ccccc1[C@]2(C)c1ccccc1)C1=N[C@@H]2[C@H](O1)c1ccccc1[C@]2(C)c1ccccc1. The molecule has 204 valence electrons. The fourth-order valence-electron chi connectivity index (χ4n) is 7.83. The smallest absolute Gasteiger partial charge is 0.199 e. The number of hydrogen-bond donors (Lipinski definition) is 0. The molecule has 0 radical (unpaired) electrons. The molecule has 8 rings (SSSR count). The minimum atomic E-state index is -0.617. The highest BCUT2D eigenvalue weighted by molar-refractivity contribution is 6.06. The minimum Gasteiger partial charge on any atom is -0.470 e. The van der Waals surface area contributed by atoms with Crippen LogP contribution in [0.3, 0.4) is 0 Å². The van der Waals surface area contributed by atoms with Crippen molar-refractivity contribution in [1.82, 2.24) is 0 Å². The van der Waals surface area contributed by atoms with E-state index < -0.39 is 5.41 Å². The third-order valence-corrected chi connectivity index (χ3v) is 10.2. The standard InChI is InChI=1S/C37H34N2O2/c1-35(2,33-38-31-29(40-33)25-19-11-13-21-27(25)36(31,3)23-15-7-5-8-16-23)34-39-32-30(41-34)26-20-12-14-22-28(26)37(32,4)24-17-9-6-10-18-24/h5-22,29-32H,1-4H3/t29-,30-,31-,32-,36+,37+/m1/s1. The number of ether oxygens (including phenoxy) is 2. The molecule has 41 heavy (non-hydrogen) atoms. The first-order valence-electron chi connectivity index (χ1n) is 14.6. The summed E-state index contributed by atoms with van der Waals surface area (Å²) in [7, 11) is 0. The summed E-state index contributed by atoms with van der Waals surface area (Å²) < 4.78 is 13.6. The van der Waals surface area contributed by atoms with E-state index in [0.29, 0.717) is 11.8 Å². The Morgan fingerprint density at radius 2 is 0.902 bits per heavy atom. The van der Waals surface area contributed by atoms with Gasteiger partial charge in [-0.3, -0.25) is 0 Å². The van der Waals surface area contributed by atoms with Crippen molar-refractivity contribution in [3.8, 4) is 0 Å². The zero-order valence-electron chi connectivity index (χ0n) is 23.9. The number of fused-ring (bicyclic) bond motifs is 6. The summed E-state index contributed by atoms with van der Waals surface area (Å²) in [6.45, 7) is 8.91. The highest BCUT2D eigenvalue weighted by atomic mass is 16.5. The zero-order chi connectivity index (χ0) is 28.0. The summed E-state index contributed by atoms with van der Waals surface area (Å²) in [5, 5.41) is 0. The first-order valence-corrected chi connectivity index (χ1v) is 14.6. The quantitative estimate of drug-likeness (QED) is 0.267. The molecule has 0 spiro atoms. The molecule has 0 saturated carbocycles. The van der Waals surface area contributed by atoms with Gasteiger partial charge < -0.3 is 9.47 Å². The molecule has 6 atom stereocenters. The van der Waals surface area contributed by atoms with Crippen LogP contribution in [-0.2, 0) is 20.3 Å². The summed E-state index contributed by atoms with van der Waals surface area (Å²) in [5.41, 5.74) is 6.33. The molecular formula is C37H34N2O2. The molecule has 0 amide bonds. The lowest BCUT2D eigenvalue weighted by molar-refractivity contribution is 0.159. The topological polar surface area (TPSA) is 43.2 Å². The highest BCUT2D eigenvalue weighted by Gasteiger charge is 2.60. The summed E-state index contributed by atoms with van der Waals surface area (Å²) >= 11 is 0. The van der Waals surface area contributed by atoms with E-state index in [0.717, 1.165) is 0 Å². The van der Waals surface area contributed by atoms with Crippen LogP contribution in [0.2, 0.25) is 0 Å². The first-order chi connectivity index (χ1) is 19.8. The Bertz CT molecular complexity index is 1600. The molecule has 4 aliphatic rings. The molecule has 4 nitrogen and oxygen atoms in total. The fraction of sp³-hybridized carbons (Fsp3) is 0.297. The third kappa shape index (κ3) is 3.16. The second-order valence-corrected chi connectivity index (χ2v) is 12.8. The largest absolute Gasteiger partial charge is 0.470 e. The molecule has 4 heteroatoms. The molecule has 4 aromatic rings. The van der Waals surface area contributed by atoms with Crippen LogP contribution in [0, 0.1) is 5.41 Å². The van der Waals surface area contributed by atoms with Gasteiger partial charge in [0.05, 0.1) is 0 Å². The monoisotopic (exact) mass is 538 g/mol. The van der Waals surface area contributed by atoms with E-state index in [4.69, 9.17) is 19.5 Å². The number of aliphatic imine (C=N–C) groups is 2. The number of benzene rings is 4. The molecule has 2 heterocycles.